The van der Waals surface area contributed by atoms with Crippen LogP contribution in [0.25, 0.3) is 0 Å². The summed E-state index contributed by atoms with van der Waals surface area (Å²) in [4.78, 5) is 13.2. The number of hydrogen-bond donors (Lipinski definition) is 1. The Kier molecular flexibility index (Phi) is 3.04. The molecule has 0 saturated carbocycles. The van der Waals surface area contributed by atoms with Crippen LogP contribution >= 0.6 is 0 Å². The fourth-order valence-electron chi connectivity index (χ4n) is 1.62. The van der Waals surface area contributed by atoms with Crippen LogP contribution in [0.1, 0.15) is 34.1 Å². The first kappa shape index (κ1) is 11.3. The molecule has 0 aromatic carbocycles. The van der Waals surface area contributed by atoms with Crippen molar-refractivity contribution in [2.45, 2.75) is 45.9 Å². The van der Waals surface area contributed by atoms with E-state index in [1.807, 2.05) is 20.8 Å². The Morgan fingerprint density at radius 2 is 2.07 bits per heavy atom. The zero-order valence-corrected chi connectivity index (χ0v) is 9.41. The van der Waals surface area contributed by atoms with E-state index < -0.39 is 5.60 Å². The van der Waals surface area contributed by atoms with Crippen LogP contribution in [0.3, 0.4) is 0 Å². The maximum absolute atomic E-state index is 11.6. The molecule has 1 aliphatic rings. The molecule has 4 nitrogen and oxygen atoms in total. The zero-order chi connectivity index (χ0) is 10.9. The van der Waals surface area contributed by atoms with Crippen molar-refractivity contribution in [2.75, 3.05) is 6.54 Å². The number of nitrogens with zero attached hydrogens (tertiary/aromatic N) is 1. The van der Waals surface area contributed by atoms with Crippen LogP contribution in [0.2, 0.25) is 0 Å². The van der Waals surface area contributed by atoms with Gasteiger partial charge in [0.1, 0.15) is 5.60 Å². The second-order valence-electron chi connectivity index (χ2n) is 5.04. The molecule has 1 rings (SSSR count). The number of carbonyl (C=O) groups is 1. The molecule has 1 aliphatic heterocycles. The van der Waals surface area contributed by atoms with Crippen molar-refractivity contribution in [2.24, 2.45) is 11.7 Å². The van der Waals surface area contributed by atoms with Gasteiger partial charge < -0.3 is 10.5 Å². The van der Waals surface area contributed by atoms with Gasteiger partial charge in [0.05, 0.1) is 6.17 Å². The number of amides is 1. The van der Waals surface area contributed by atoms with Gasteiger partial charge in [-0.15, -0.1) is 0 Å². The van der Waals surface area contributed by atoms with E-state index in [4.69, 9.17) is 10.5 Å². The van der Waals surface area contributed by atoms with Crippen molar-refractivity contribution in [1.82, 2.24) is 4.90 Å². The van der Waals surface area contributed by atoms with Crippen molar-refractivity contribution in [3.63, 3.8) is 0 Å². The average molecular weight is 200 g/mol. The van der Waals surface area contributed by atoms with E-state index in [0.29, 0.717) is 12.5 Å². The molecule has 0 aromatic heterocycles. The third-order valence-corrected chi connectivity index (χ3v) is 2.18. The summed E-state index contributed by atoms with van der Waals surface area (Å²) in [7, 11) is 0. The number of hydrogen-bond acceptors (Lipinski definition) is 3. The van der Waals surface area contributed by atoms with Crippen LogP contribution in [-0.4, -0.2) is 29.3 Å². The normalized spacial score (nSPS) is 27.9. The lowest BCUT2D eigenvalue weighted by Gasteiger charge is -2.26. The number of rotatable bonds is 0. The van der Waals surface area contributed by atoms with E-state index in [1.54, 1.807) is 4.90 Å². The van der Waals surface area contributed by atoms with Gasteiger partial charge in [-0.25, -0.2) is 4.79 Å². The maximum Gasteiger partial charge on any atom is 0.411 e. The summed E-state index contributed by atoms with van der Waals surface area (Å²) in [6.07, 6.45) is 0.383. The third-order valence-electron chi connectivity index (χ3n) is 2.18. The van der Waals surface area contributed by atoms with Gasteiger partial charge in [-0.05, 0) is 33.1 Å². The summed E-state index contributed by atoms with van der Waals surface area (Å²) in [5.41, 5.74) is 5.37. The molecule has 2 atom stereocenters. The SMILES string of the molecule is C[C@@H]1C[C@H](N)N(C(=O)OC(C)(C)C)C1. The minimum absolute atomic E-state index is 0.181. The Balaban J connectivity index is 2.53. The number of carbonyl (C=O) groups excluding carboxylic acids is 1. The molecule has 1 saturated heterocycles. The van der Waals surface area contributed by atoms with Gasteiger partial charge in [0.2, 0.25) is 0 Å². The smallest absolute Gasteiger partial charge is 0.411 e. The van der Waals surface area contributed by atoms with Gasteiger partial charge in [0.15, 0.2) is 0 Å². The predicted octanol–water partition coefficient (Wildman–Crippen LogP) is 1.55. The van der Waals surface area contributed by atoms with Gasteiger partial charge in [-0.2, -0.15) is 0 Å². The largest absolute Gasteiger partial charge is 0.444 e. The summed E-state index contributed by atoms with van der Waals surface area (Å²) < 4.78 is 5.25. The topological polar surface area (TPSA) is 55.6 Å². The number of ether oxygens (including phenoxy) is 1. The molecule has 0 aliphatic carbocycles. The summed E-state index contributed by atoms with van der Waals surface area (Å²) in [6.45, 7) is 8.36. The first-order valence-electron chi connectivity index (χ1n) is 5.05. The molecular formula is C10H20N2O2. The Bertz CT molecular complexity index is 223. The molecule has 0 unspecified atom stereocenters. The lowest BCUT2D eigenvalue weighted by molar-refractivity contribution is 0.0227. The second-order valence-corrected chi connectivity index (χ2v) is 5.04. The highest BCUT2D eigenvalue weighted by atomic mass is 16.6. The van der Waals surface area contributed by atoms with Gasteiger partial charge in [0, 0.05) is 6.54 Å². The standard InChI is InChI=1S/C10H20N2O2/c1-7-5-8(11)12(6-7)9(13)14-10(2,3)4/h7-8H,5-6,11H2,1-4H3/t7-,8-/m1/s1. The fourth-order valence-corrected chi connectivity index (χ4v) is 1.62. The van der Waals surface area contributed by atoms with Crippen LogP contribution in [0.4, 0.5) is 4.79 Å². The van der Waals surface area contributed by atoms with Crippen LogP contribution in [0, 0.1) is 5.92 Å². The van der Waals surface area contributed by atoms with Crippen molar-refractivity contribution < 1.29 is 9.53 Å². The molecule has 82 valence electrons. The van der Waals surface area contributed by atoms with Crippen molar-refractivity contribution in [3.8, 4) is 0 Å². The molecule has 14 heavy (non-hydrogen) atoms. The highest BCUT2D eigenvalue weighted by Gasteiger charge is 2.33. The molecule has 1 fully saturated rings. The van der Waals surface area contributed by atoms with Gasteiger partial charge in [-0.1, -0.05) is 6.92 Å². The minimum Gasteiger partial charge on any atom is -0.444 e. The molecule has 1 amide bonds. The van der Waals surface area contributed by atoms with Crippen molar-refractivity contribution >= 4 is 6.09 Å². The highest BCUT2D eigenvalue weighted by molar-refractivity contribution is 5.68. The van der Waals surface area contributed by atoms with E-state index in [-0.39, 0.29) is 12.3 Å². The lowest BCUT2D eigenvalue weighted by Crippen LogP contribution is -2.43. The monoisotopic (exact) mass is 200 g/mol. The Labute approximate surface area is 85.4 Å². The van der Waals surface area contributed by atoms with E-state index in [9.17, 15) is 4.79 Å². The molecule has 4 heteroatoms. The van der Waals surface area contributed by atoms with Crippen LogP contribution in [0.15, 0.2) is 0 Å². The minimum atomic E-state index is -0.442. The summed E-state index contributed by atoms with van der Waals surface area (Å²) in [5.74, 6) is 0.470. The molecule has 2 N–H and O–H groups in total. The summed E-state index contributed by atoms with van der Waals surface area (Å²) in [6, 6.07) is 0. The van der Waals surface area contributed by atoms with Crippen LogP contribution in [-0.2, 0) is 4.74 Å². The summed E-state index contributed by atoms with van der Waals surface area (Å²) in [5, 5.41) is 0. The lowest BCUT2D eigenvalue weighted by atomic mass is 10.1. The number of nitrogens with two attached hydrogens (primary N) is 1. The van der Waals surface area contributed by atoms with E-state index in [1.165, 1.54) is 0 Å². The first-order valence-corrected chi connectivity index (χ1v) is 5.05. The van der Waals surface area contributed by atoms with Crippen LogP contribution < -0.4 is 5.73 Å². The van der Waals surface area contributed by atoms with Crippen molar-refractivity contribution in [1.29, 1.82) is 0 Å². The third kappa shape index (κ3) is 2.87. The molecule has 0 spiro atoms. The molecule has 0 aromatic rings. The Hall–Kier alpha value is -0.770. The maximum atomic E-state index is 11.6. The van der Waals surface area contributed by atoms with Gasteiger partial charge >= 0.3 is 6.09 Å². The second kappa shape index (κ2) is 3.77. The molecule has 1 heterocycles. The predicted molar refractivity (Wildman–Crippen MR) is 54.7 cm³/mol. The first-order chi connectivity index (χ1) is 6.29. The van der Waals surface area contributed by atoms with Gasteiger partial charge in [-0.3, -0.25) is 4.90 Å². The Morgan fingerprint density at radius 1 is 1.50 bits per heavy atom. The zero-order valence-electron chi connectivity index (χ0n) is 9.41. The highest BCUT2D eigenvalue weighted by Crippen LogP contribution is 2.21. The molecular weight excluding hydrogens is 180 g/mol. The fraction of sp³-hybridized carbons (Fsp3) is 0.900. The van der Waals surface area contributed by atoms with E-state index >= 15 is 0 Å². The molecule has 0 bridgehead atoms. The van der Waals surface area contributed by atoms with Crippen LogP contribution in [0.5, 0.6) is 0 Å². The number of likely N-dealkylation sites (tertiary alicyclic amines) is 1. The average Bonchev–Trinajstić information content (AvgIpc) is 2.26. The quantitative estimate of drug-likeness (QED) is 0.645. The van der Waals surface area contributed by atoms with Crippen molar-refractivity contribution in [3.05, 3.63) is 0 Å². The Morgan fingerprint density at radius 3 is 2.43 bits per heavy atom. The molecule has 0 radical (unpaired) electrons. The van der Waals surface area contributed by atoms with E-state index in [0.717, 1.165) is 6.42 Å². The van der Waals surface area contributed by atoms with Gasteiger partial charge in [0.25, 0.3) is 0 Å². The summed E-state index contributed by atoms with van der Waals surface area (Å²) >= 11 is 0. The van der Waals surface area contributed by atoms with E-state index in [2.05, 4.69) is 6.92 Å².